The number of nitrogens with zero attached hydrogens (tertiary/aromatic N) is 1. The molecule has 3 nitrogen and oxygen atoms in total. The van der Waals surface area contributed by atoms with Gasteiger partial charge in [0.25, 0.3) is 5.91 Å². The molecule has 96 valence electrons. The average molecular weight is 317 g/mol. The number of rotatable bonds is 3. The zero-order chi connectivity index (χ0) is 13.7. The molecule has 0 radical (unpaired) electrons. The maximum absolute atomic E-state index is 11.8. The Morgan fingerprint density at radius 1 is 1.21 bits per heavy atom. The van der Waals surface area contributed by atoms with Crippen LogP contribution in [0.5, 0.6) is 0 Å². The first-order valence-electron chi connectivity index (χ1n) is 5.81. The lowest BCUT2D eigenvalue weighted by atomic mass is 10.1. The van der Waals surface area contributed by atoms with Crippen LogP contribution in [0.4, 0.5) is 0 Å². The molecule has 1 N–H and O–H groups in total. The Morgan fingerprint density at radius 2 is 1.95 bits per heavy atom. The molecular formula is C15H13BrN2O. The van der Waals surface area contributed by atoms with E-state index in [1.165, 1.54) is 0 Å². The van der Waals surface area contributed by atoms with Crippen LogP contribution in [0.2, 0.25) is 0 Å². The third-order valence-corrected chi connectivity index (χ3v) is 3.06. The van der Waals surface area contributed by atoms with E-state index < -0.39 is 0 Å². The number of hydrazone groups is 1. The van der Waals surface area contributed by atoms with Crippen molar-refractivity contribution >= 4 is 28.1 Å². The van der Waals surface area contributed by atoms with Crippen LogP contribution < -0.4 is 5.43 Å². The summed E-state index contributed by atoms with van der Waals surface area (Å²) in [6.45, 7) is 1.95. The molecule has 2 rings (SSSR count). The largest absolute Gasteiger partial charge is 0.271 e. The fourth-order valence-corrected chi connectivity index (χ4v) is 1.83. The van der Waals surface area contributed by atoms with Crippen LogP contribution in [0.1, 0.15) is 21.5 Å². The lowest BCUT2D eigenvalue weighted by Crippen LogP contribution is -2.17. The second-order valence-corrected chi connectivity index (χ2v) is 5.04. The van der Waals surface area contributed by atoms with Gasteiger partial charge in [-0.05, 0) is 36.8 Å². The molecule has 0 fully saturated rings. The van der Waals surface area contributed by atoms with Crippen molar-refractivity contribution in [3.8, 4) is 0 Å². The molecule has 2 aromatic rings. The molecule has 0 aromatic heterocycles. The van der Waals surface area contributed by atoms with Crippen molar-refractivity contribution in [1.29, 1.82) is 0 Å². The van der Waals surface area contributed by atoms with Crippen LogP contribution in [0.15, 0.2) is 58.1 Å². The van der Waals surface area contributed by atoms with E-state index >= 15 is 0 Å². The normalized spacial score (nSPS) is 10.6. The first kappa shape index (κ1) is 13.5. The van der Waals surface area contributed by atoms with Crippen molar-refractivity contribution in [2.75, 3.05) is 0 Å². The van der Waals surface area contributed by atoms with Crippen LogP contribution in [0, 0.1) is 6.92 Å². The van der Waals surface area contributed by atoms with Gasteiger partial charge in [0.05, 0.1) is 6.21 Å². The molecule has 2 aromatic carbocycles. The van der Waals surface area contributed by atoms with Crippen LogP contribution in [0.3, 0.4) is 0 Å². The van der Waals surface area contributed by atoms with Crippen LogP contribution >= 0.6 is 15.9 Å². The number of nitrogens with one attached hydrogen (secondary N) is 1. The summed E-state index contributed by atoms with van der Waals surface area (Å²) in [6.07, 6.45) is 1.61. The van der Waals surface area contributed by atoms with Gasteiger partial charge in [-0.3, -0.25) is 4.79 Å². The smallest absolute Gasteiger partial charge is 0.267 e. The van der Waals surface area contributed by atoms with Crippen molar-refractivity contribution in [1.82, 2.24) is 5.43 Å². The van der Waals surface area contributed by atoms with E-state index in [1.54, 1.807) is 12.3 Å². The maximum atomic E-state index is 11.8. The summed E-state index contributed by atoms with van der Waals surface area (Å²) in [5.41, 5.74) is 5.08. The Bertz CT molecular complexity index is 606. The highest BCUT2D eigenvalue weighted by molar-refractivity contribution is 9.10. The minimum atomic E-state index is -0.211. The van der Waals surface area contributed by atoms with Gasteiger partial charge in [-0.2, -0.15) is 5.10 Å². The number of amides is 1. The van der Waals surface area contributed by atoms with E-state index in [9.17, 15) is 4.79 Å². The molecule has 0 spiro atoms. The van der Waals surface area contributed by atoms with Crippen molar-refractivity contribution in [3.05, 3.63) is 69.7 Å². The fraction of sp³-hybridized carbons (Fsp3) is 0.0667. The predicted octanol–water partition coefficient (Wildman–Crippen LogP) is 3.52. The number of carbonyl (C=O) groups excluding carboxylic acids is 1. The van der Waals surface area contributed by atoms with Gasteiger partial charge in [-0.25, -0.2) is 5.43 Å². The summed E-state index contributed by atoms with van der Waals surface area (Å²) in [6, 6.07) is 15.0. The minimum absolute atomic E-state index is 0.211. The minimum Gasteiger partial charge on any atom is -0.267 e. The van der Waals surface area contributed by atoms with Gasteiger partial charge in [-0.1, -0.05) is 45.8 Å². The van der Waals surface area contributed by atoms with E-state index in [-0.39, 0.29) is 5.91 Å². The van der Waals surface area contributed by atoms with Gasteiger partial charge in [0, 0.05) is 10.0 Å². The van der Waals surface area contributed by atoms with E-state index in [1.807, 2.05) is 49.4 Å². The molecule has 0 heterocycles. The summed E-state index contributed by atoms with van der Waals surface area (Å²) < 4.78 is 1.01. The maximum Gasteiger partial charge on any atom is 0.271 e. The molecule has 0 unspecified atom stereocenters. The Kier molecular flexibility index (Phi) is 4.47. The van der Waals surface area contributed by atoms with Crippen molar-refractivity contribution in [3.63, 3.8) is 0 Å². The number of hydrogen-bond acceptors (Lipinski definition) is 2. The van der Waals surface area contributed by atoms with E-state index in [4.69, 9.17) is 0 Å². The van der Waals surface area contributed by atoms with Crippen molar-refractivity contribution < 1.29 is 4.79 Å². The summed E-state index contributed by atoms with van der Waals surface area (Å²) in [5, 5.41) is 3.94. The SMILES string of the molecule is Cc1cccc(C(=O)NN=Cc2ccc(Br)cc2)c1. The summed E-state index contributed by atoms with van der Waals surface area (Å²) >= 11 is 3.36. The van der Waals surface area contributed by atoms with E-state index in [0.29, 0.717) is 5.56 Å². The number of halogens is 1. The van der Waals surface area contributed by atoms with Gasteiger partial charge in [-0.15, -0.1) is 0 Å². The highest BCUT2D eigenvalue weighted by atomic mass is 79.9. The third kappa shape index (κ3) is 4.03. The molecular weight excluding hydrogens is 304 g/mol. The molecule has 1 amide bonds. The van der Waals surface area contributed by atoms with Gasteiger partial charge in [0.2, 0.25) is 0 Å². The number of carbonyl (C=O) groups is 1. The number of hydrogen-bond donors (Lipinski definition) is 1. The summed E-state index contributed by atoms with van der Waals surface area (Å²) in [4.78, 5) is 11.8. The lowest BCUT2D eigenvalue weighted by molar-refractivity contribution is 0.0955. The highest BCUT2D eigenvalue weighted by Gasteiger charge is 2.02. The van der Waals surface area contributed by atoms with Gasteiger partial charge in [0.15, 0.2) is 0 Å². The zero-order valence-corrected chi connectivity index (χ0v) is 12.0. The van der Waals surface area contributed by atoms with Crippen molar-refractivity contribution in [2.24, 2.45) is 5.10 Å². The fourth-order valence-electron chi connectivity index (χ4n) is 1.57. The second-order valence-electron chi connectivity index (χ2n) is 4.12. The van der Waals surface area contributed by atoms with Gasteiger partial charge < -0.3 is 0 Å². The van der Waals surface area contributed by atoms with E-state index in [0.717, 1.165) is 15.6 Å². The molecule has 0 saturated heterocycles. The number of benzene rings is 2. The third-order valence-electron chi connectivity index (χ3n) is 2.53. The van der Waals surface area contributed by atoms with Gasteiger partial charge >= 0.3 is 0 Å². The molecule has 4 heteroatoms. The molecule has 0 aliphatic heterocycles. The van der Waals surface area contributed by atoms with Gasteiger partial charge in [0.1, 0.15) is 0 Å². The molecule has 0 aliphatic carbocycles. The Morgan fingerprint density at radius 3 is 2.63 bits per heavy atom. The molecule has 0 aliphatic rings. The topological polar surface area (TPSA) is 41.5 Å². The molecule has 0 atom stereocenters. The number of aryl methyl sites for hydroxylation is 1. The Balaban J connectivity index is 1.98. The monoisotopic (exact) mass is 316 g/mol. The first-order valence-corrected chi connectivity index (χ1v) is 6.60. The van der Waals surface area contributed by atoms with E-state index in [2.05, 4.69) is 26.5 Å². The standard InChI is InChI=1S/C15H13BrN2O/c1-11-3-2-4-13(9-11)15(19)18-17-10-12-5-7-14(16)8-6-12/h2-10H,1H3,(H,18,19). The lowest BCUT2D eigenvalue weighted by Gasteiger charge is -2.00. The van der Waals surface area contributed by atoms with Crippen molar-refractivity contribution in [2.45, 2.75) is 6.92 Å². The first-order chi connectivity index (χ1) is 9.15. The summed E-state index contributed by atoms with van der Waals surface area (Å²) in [5.74, 6) is -0.211. The molecule has 19 heavy (non-hydrogen) atoms. The molecule has 0 bridgehead atoms. The molecule has 0 saturated carbocycles. The predicted molar refractivity (Wildman–Crippen MR) is 80.4 cm³/mol. The second kappa shape index (κ2) is 6.29. The van der Waals surface area contributed by atoms with Crippen LogP contribution in [0.25, 0.3) is 0 Å². The Labute approximate surface area is 120 Å². The zero-order valence-electron chi connectivity index (χ0n) is 10.4. The quantitative estimate of drug-likeness (QED) is 0.683. The Hall–Kier alpha value is -1.94. The average Bonchev–Trinajstić information content (AvgIpc) is 2.41. The van der Waals surface area contributed by atoms with Crippen LogP contribution in [-0.2, 0) is 0 Å². The highest BCUT2D eigenvalue weighted by Crippen LogP contribution is 2.09. The summed E-state index contributed by atoms with van der Waals surface area (Å²) in [7, 11) is 0. The van der Waals surface area contributed by atoms with Crippen LogP contribution in [-0.4, -0.2) is 12.1 Å².